The molecule has 0 aliphatic rings. The molecule has 0 atom stereocenters. The van der Waals surface area contributed by atoms with E-state index in [1.54, 1.807) is 37.4 Å². The number of fused-ring (bicyclic) bond motifs is 1. The zero-order valence-corrected chi connectivity index (χ0v) is 15.9. The molecule has 0 radical (unpaired) electrons. The zero-order valence-electron chi connectivity index (χ0n) is 15.2. The number of carbonyl (C=O) groups is 1. The summed E-state index contributed by atoms with van der Waals surface area (Å²) in [6.45, 7) is 1.67. The lowest BCUT2D eigenvalue weighted by Gasteiger charge is -2.09. The fraction of sp³-hybridized carbons (Fsp3) is 0.0952. The number of carboxylic acids is 1. The van der Waals surface area contributed by atoms with Gasteiger partial charge >= 0.3 is 5.97 Å². The van der Waals surface area contributed by atoms with E-state index in [1.807, 2.05) is 0 Å². The maximum atomic E-state index is 14.6. The van der Waals surface area contributed by atoms with E-state index in [4.69, 9.17) is 16.7 Å². The van der Waals surface area contributed by atoms with Gasteiger partial charge in [0, 0.05) is 22.3 Å². The van der Waals surface area contributed by atoms with Crippen LogP contribution in [0.1, 0.15) is 21.5 Å². The molecular formula is C21H14ClF2N3O2. The van der Waals surface area contributed by atoms with Gasteiger partial charge in [-0.25, -0.2) is 13.6 Å². The Kier molecular flexibility index (Phi) is 4.76. The Balaban J connectivity index is 1.88. The molecule has 4 aromatic rings. The average molecular weight is 414 g/mol. The van der Waals surface area contributed by atoms with E-state index in [0.717, 1.165) is 6.07 Å². The summed E-state index contributed by atoms with van der Waals surface area (Å²) in [4.78, 5) is 15.4. The molecule has 2 aromatic heterocycles. The lowest BCUT2D eigenvalue weighted by atomic mass is 10.1. The molecule has 0 bridgehead atoms. The first-order chi connectivity index (χ1) is 13.9. The van der Waals surface area contributed by atoms with E-state index in [-0.39, 0.29) is 34.0 Å². The Morgan fingerprint density at radius 3 is 2.72 bits per heavy atom. The summed E-state index contributed by atoms with van der Waals surface area (Å²) in [7, 11) is 0. The van der Waals surface area contributed by atoms with Crippen LogP contribution in [0.2, 0.25) is 5.02 Å². The van der Waals surface area contributed by atoms with E-state index in [0.29, 0.717) is 16.6 Å². The standard InChI is InChI=1S/C21H14ClF2N3O2/c1-11-4-7-15(22)14(18(11)24)10-27-17-3-2-8-25-20(17)19(26-27)13-6-5-12(21(28)29)9-16(13)23/h2-9H,10H2,1H3,(H,28,29). The van der Waals surface area contributed by atoms with Crippen molar-refractivity contribution in [3.05, 3.63) is 82.0 Å². The van der Waals surface area contributed by atoms with E-state index >= 15 is 0 Å². The van der Waals surface area contributed by atoms with Crippen molar-refractivity contribution < 1.29 is 18.7 Å². The second-order valence-electron chi connectivity index (χ2n) is 6.53. The number of halogens is 3. The van der Waals surface area contributed by atoms with Crippen LogP contribution in [0.3, 0.4) is 0 Å². The van der Waals surface area contributed by atoms with Gasteiger partial charge in [0.2, 0.25) is 0 Å². The average Bonchev–Trinajstić information content (AvgIpc) is 3.06. The Hall–Kier alpha value is -3.32. The fourth-order valence-corrected chi connectivity index (χ4v) is 3.37. The molecule has 0 spiro atoms. The monoisotopic (exact) mass is 413 g/mol. The highest BCUT2D eigenvalue weighted by Crippen LogP contribution is 2.31. The third-order valence-corrected chi connectivity index (χ3v) is 5.02. The maximum absolute atomic E-state index is 14.6. The van der Waals surface area contributed by atoms with Gasteiger partial charge in [-0.15, -0.1) is 0 Å². The molecule has 0 unspecified atom stereocenters. The Morgan fingerprint density at radius 1 is 1.21 bits per heavy atom. The minimum Gasteiger partial charge on any atom is -0.478 e. The number of aromatic carboxylic acids is 1. The SMILES string of the molecule is Cc1ccc(Cl)c(Cn2nc(-c3ccc(C(=O)O)cc3F)c3ncccc32)c1F. The Labute approximate surface area is 169 Å². The molecule has 0 saturated carbocycles. The van der Waals surface area contributed by atoms with Crippen molar-refractivity contribution in [2.24, 2.45) is 0 Å². The van der Waals surface area contributed by atoms with Crippen LogP contribution in [0.25, 0.3) is 22.3 Å². The highest BCUT2D eigenvalue weighted by molar-refractivity contribution is 6.31. The summed E-state index contributed by atoms with van der Waals surface area (Å²) in [5, 5.41) is 13.7. The van der Waals surface area contributed by atoms with Crippen molar-refractivity contribution in [3.8, 4) is 11.3 Å². The molecule has 5 nitrogen and oxygen atoms in total. The minimum atomic E-state index is -1.23. The predicted molar refractivity (Wildman–Crippen MR) is 105 cm³/mol. The molecule has 0 saturated heterocycles. The second-order valence-corrected chi connectivity index (χ2v) is 6.94. The smallest absolute Gasteiger partial charge is 0.335 e. The Bertz CT molecular complexity index is 1270. The number of hydrogen-bond acceptors (Lipinski definition) is 3. The molecule has 0 fully saturated rings. The first-order valence-electron chi connectivity index (χ1n) is 8.65. The number of carboxylic acid groups (broad SMARTS) is 1. The van der Waals surface area contributed by atoms with Gasteiger partial charge in [0.15, 0.2) is 0 Å². The quantitative estimate of drug-likeness (QED) is 0.506. The third kappa shape index (κ3) is 3.34. The zero-order chi connectivity index (χ0) is 20.7. The summed E-state index contributed by atoms with van der Waals surface area (Å²) in [5.41, 5.74) is 1.88. The van der Waals surface area contributed by atoms with Gasteiger partial charge in [-0.3, -0.25) is 9.67 Å². The van der Waals surface area contributed by atoms with Gasteiger partial charge in [-0.2, -0.15) is 5.10 Å². The molecule has 2 heterocycles. The molecule has 8 heteroatoms. The van der Waals surface area contributed by atoms with Crippen LogP contribution >= 0.6 is 11.6 Å². The number of nitrogens with zero attached hydrogens (tertiary/aromatic N) is 3. The van der Waals surface area contributed by atoms with E-state index in [9.17, 15) is 13.6 Å². The molecular weight excluding hydrogens is 400 g/mol. The molecule has 146 valence electrons. The predicted octanol–water partition coefficient (Wildman–Crippen LogP) is 5.08. The van der Waals surface area contributed by atoms with E-state index in [2.05, 4.69) is 10.1 Å². The molecule has 0 amide bonds. The second kappa shape index (κ2) is 7.25. The van der Waals surface area contributed by atoms with Gasteiger partial charge in [0.1, 0.15) is 22.8 Å². The number of pyridine rings is 1. The fourth-order valence-electron chi connectivity index (χ4n) is 3.16. The van der Waals surface area contributed by atoms with Crippen molar-refractivity contribution in [3.63, 3.8) is 0 Å². The largest absolute Gasteiger partial charge is 0.478 e. The molecule has 29 heavy (non-hydrogen) atoms. The molecule has 1 N–H and O–H groups in total. The van der Waals surface area contributed by atoms with Crippen LogP contribution in [0.4, 0.5) is 8.78 Å². The highest BCUT2D eigenvalue weighted by Gasteiger charge is 2.20. The van der Waals surface area contributed by atoms with Crippen LogP contribution in [-0.2, 0) is 6.54 Å². The number of aromatic nitrogens is 3. The normalized spacial score (nSPS) is 11.2. The molecule has 0 aliphatic carbocycles. The summed E-state index contributed by atoms with van der Waals surface area (Å²) in [6, 6.07) is 10.2. The first-order valence-corrected chi connectivity index (χ1v) is 9.03. The van der Waals surface area contributed by atoms with Gasteiger partial charge < -0.3 is 5.11 Å². The Morgan fingerprint density at radius 2 is 2.00 bits per heavy atom. The van der Waals surface area contributed by atoms with E-state index in [1.165, 1.54) is 16.8 Å². The summed E-state index contributed by atoms with van der Waals surface area (Å²) >= 11 is 6.19. The van der Waals surface area contributed by atoms with Crippen molar-refractivity contribution in [2.45, 2.75) is 13.5 Å². The number of benzene rings is 2. The summed E-state index contributed by atoms with van der Waals surface area (Å²) < 4.78 is 30.7. The topological polar surface area (TPSA) is 68.0 Å². The summed E-state index contributed by atoms with van der Waals surface area (Å²) in [5.74, 6) is -2.39. The number of aryl methyl sites for hydroxylation is 1. The van der Waals surface area contributed by atoms with Crippen LogP contribution < -0.4 is 0 Å². The van der Waals surface area contributed by atoms with Gasteiger partial charge in [0.25, 0.3) is 0 Å². The third-order valence-electron chi connectivity index (χ3n) is 4.67. The molecule has 4 rings (SSSR count). The lowest BCUT2D eigenvalue weighted by molar-refractivity contribution is 0.0696. The van der Waals surface area contributed by atoms with Crippen molar-refractivity contribution in [1.29, 1.82) is 0 Å². The van der Waals surface area contributed by atoms with Crippen molar-refractivity contribution in [1.82, 2.24) is 14.8 Å². The van der Waals surface area contributed by atoms with E-state index < -0.39 is 17.6 Å². The highest BCUT2D eigenvalue weighted by atomic mass is 35.5. The lowest BCUT2D eigenvalue weighted by Crippen LogP contribution is -2.06. The first kappa shape index (κ1) is 19.0. The minimum absolute atomic E-state index is 0.0311. The van der Waals surface area contributed by atoms with Crippen molar-refractivity contribution >= 4 is 28.6 Å². The molecule has 2 aromatic carbocycles. The van der Waals surface area contributed by atoms with Crippen LogP contribution in [0.5, 0.6) is 0 Å². The molecule has 0 aliphatic heterocycles. The van der Waals surface area contributed by atoms with Gasteiger partial charge in [-0.05, 0) is 48.9 Å². The van der Waals surface area contributed by atoms with Crippen LogP contribution in [-0.4, -0.2) is 25.8 Å². The van der Waals surface area contributed by atoms with Gasteiger partial charge in [0.05, 0.1) is 17.6 Å². The van der Waals surface area contributed by atoms with Gasteiger partial charge in [-0.1, -0.05) is 17.7 Å². The number of rotatable bonds is 4. The van der Waals surface area contributed by atoms with Crippen molar-refractivity contribution in [2.75, 3.05) is 0 Å². The van der Waals surface area contributed by atoms with Crippen LogP contribution in [0, 0.1) is 18.6 Å². The van der Waals surface area contributed by atoms with Crippen LogP contribution in [0.15, 0.2) is 48.7 Å². The summed E-state index contributed by atoms with van der Waals surface area (Å²) in [6.07, 6.45) is 1.54. The maximum Gasteiger partial charge on any atom is 0.335 e. The number of hydrogen-bond donors (Lipinski definition) is 1.